The number of carboxylic acids is 1. The topological polar surface area (TPSA) is 87.7 Å². The number of aliphatic carboxylic acids is 1. The number of urea groups is 1. The van der Waals surface area contributed by atoms with E-state index in [1.807, 2.05) is 5.32 Å². The number of hydrogen-bond donors (Lipinski definition) is 3. The lowest BCUT2D eigenvalue weighted by molar-refractivity contribution is -0.139. The predicted octanol–water partition coefficient (Wildman–Crippen LogP) is 1.88. The first-order valence-corrected chi connectivity index (χ1v) is 6.10. The fourth-order valence-corrected chi connectivity index (χ4v) is 1.57. The Morgan fingerprint density at radius 1 is 1.38 bits per heavy atom. The highest BCUT2D eigenvalue weighted by Gasteiger charge is 2.21. The summed E-state index contributed by atoms with van der Waals surface area (Å²) in [5.74, 6) is -3.13. The smallest absolute Gasteiger partial charge is 0.326 e. The van der Waals surface area contributed by atoms with Crippen LogP contribution in [0.1, 0.15) is 12.0 Å². The molecule has 116 valence electrons. The van der Waals surface area contributed by atoms with Gasteiger partial charge >= 0.3 is 12.0 Å². The van der Waals surface area contributed by atoms with Gasteiger partial charge in [-0.3, -0.25) is 0 Å². The van der Waals surface area contributed by atoms with Crippen molar-refractivity contribution >= 4 is 17.7 Å². The first-order chi connectivity index (χ1) is 9.86. The first kappa shape index (κ1) is 16.8. The van der Waals surface area contributed by atoms with Crippen LogP contribution in [-0.4, -0.2) is 36.9 Å². The zero-order chi connectivity index (χ0) is 16.0. The number of ether oxygens (including phenoxy) is 1. The van der Waals surface area contributed by atoms with Crippen LogP contribution in [-0.2, 0) is 9.53 Å². The molecule has 1 unspecified atom stereocenters. The number of methoxy groups -OCH3 is 1. The summed E-state index contributed by atoms with van der Waals surface area (Å²) < 4.78 is 31.9. The van der Waals surface area contributed by atoms with Crippen LogP contribution in [0.4, 0.5) is 19.3 Å². The fourth-order valence-electron chi connectivity index (χ4n) is 1.57. The van der Waals surface area contributed by atoms with Crippen molar-refractivity contribution in [3.63, 3.8) is 0 Å². The Bertz CT molecular complexity index is 537. The molecule has 0 fully saturated rings. The molecular weight excluding hydrogens is 286 g/mol. The van der Waals surface area contributed by atoms with Crippen molar-refractivity contribution < 1.29 is 28.2 Å². The Kier molecular flexibility index (Phi) is 6.04. The minimum atomic E-state index is -1.27. The lowest BCUT2D eigenvalue weighted by Gasteiger charge is -2.15. The van der Waals surface area contributed by atoms with Crippen molar-refractivity contribution in [2.45, 2.75) is 19.4 Å². The molecule has 2 amide bonds. The van der Waals surface area contributed by atoms with Crippen LogP contribution in [0.15, 0.2) is 12.1 Å². The average Bonchev–Trinajstić information content (AvgIpc) is 2.43. The number of nitrogens with one attached hydrogen (secondary N) is 2. The molecule has 8 heteroatoms. The maximum absolute atomic E-state index is 13.7. The van der Waals surface area contributed by atoms with E-state index in [4.69, 9.17) is 9.84 Å². The second kappa shape index (κ2) is 7.53. The lowest BCUT2D eigenvalue weighted by atomic mass is 10.2. The van der Waals surface area contributed by atoms with Gasteiger partial charge in [0.15, 0.2) is 5.82 Å². The van der Waals surface area contributed by atoms with Crippen molar-refractivity contribution in [3.8, 4) is 0 Å². The van der Waals surface area contributed by atoms with E-state index in [1.165, 1.54) is 20.1 Å². The summed E-state index contributed by atoms with van der Waals surface area (Å²) in [4.78, 5) is 22.6. The van der Waals surface area contributed by atoms with Crippen molar-refractivity contribution in [2.24, 2.45) is 0 Å². The van der Waals surface area contributed by atoms with Gasteiger partial charge in [0.2, 0.25) is 0 Å². The molecule has 0 saturated heterocycles. The maximum atomic E-state index is 13.7. The molecule has 1 aromatic rings. The van der Waals surface area contributed by atoms with Crippen LogP contribution in [0.3, 0.4) is 0 Å². The van der Waals surface area contributed by atoms with E-state index in [-0.39, 0.29) is 18.6 Å². The third-order valence-electron chi connectivity index (χ3n) is 2.74. The molecule has 1 aromatic carbocycles. The SMILES string of the molecule is COCCC(NC(=O)Nc1c(F)ccc(C)c1F)C(=O)O. The minimum Gasteiger partial charge on any atom is -0.480 e. The van der Waals surface area contributed by atoms with E-state index in [0.717, 1.165) is 6.07 Å². The van der Waals surface area contributed by atoms with Gasteiger partial charge in [-0.25, -0.2) is 18.4 Å². The second-order valence-electron chi connectivity index (χ2n) is 4.32. The number of benzene rings is 1. The molecule has 3 N–H and O–H groups in total. The predicted molar refractivity (Wildman–Crippen MR) is 71.2 cm³/mol. The molecule has 21 heavy (non-hydrogen) atoms. The molecule has 0 spiro atoms. The largest absolute Gasteiger partial charge is 0.480 e. The fraction of sp³-hybridized carbons (Fsp3) is 0.385. The van der Waals surface area contributed by atoms with Crippen LogP contribution < -0.4 is 10.6 Å². The van der Waals surface area contributed by atoms with E-state index in [9.17, 15) is 18.4 Å². The van der Waals surface area contributed by atoms with Gasteiger partial charge in [0.05, 0.1) is 0 Å². The van der Waals surface area contributed by atoms with Crippen LogP contribution in [0, 0.1) is 18.6 Å². The summed E-state index contributed by atoms with van der Waals surface area (Å²) in [6.07, 6.45) is 0.0258. The van der Waals surface area contributed by atoms with E-state index >= 15 is 0 Å². The summed E-state index contributed by atoms with van der Waals surface area (Å²) in [5, 5.41) is 13.0. The monoisotopic (exact) mass is 302 g/mol. The number of amides is 2. The molecule has 0 aliphatic heterocycles. The maximum Gasteiger partial charge on any atom is 0.326 e. The molecular formula is C13H16F2N2O4. The molecule has 0 aromatic heterocycles. The van der Waals surface area contributed by atoms with Crippen LogP contribution >= 0.6 is 0 Å². The summed E-state index contributed by atoms with van der Waals surface area (Å²) in [6, 6.07) is 0.00260. The Balaban J connectivity index is 2.77. The Morgan fingerprint density at radius 3 is 2.62 bits per heavy atom. The van der Waals surface area contributed by atoms with Crippen LogP contribution in [0.25, 0.3) is 0 Å². The van der Waals surface area contributed by atoms with Gasteiger partial charge in [0, 0.05) is 20.1 Å². The lowest BCUT2D eigenvalue weighted by Crippen LogP contribution is -2.43. The molecule has 0 saturated carbocycles. The van der Waals surface area contributed by atoms with E-state index < -0.39 is 35.4 Å². The van der Waals surface area contributed by atoms with Gasteiger partial charge in [-0.1, -0.05) is 6.07 Å². The zero-order valence-electron chi connectivity index (χ0n) is 11.6. The number of halogens is 2. The Labute approximate surface area is 120 Å². The van der Waals surface area contributed by atoms with Crippen molar-refractivity contribution in [1.29, 1.82) is 0 Å². The van der Waals surface area contributed by atoms with E-state index in [0.29, 0.717) is 0 Å². The van der Waals surface area contributed by atoms with Gasteiger partial charge in [-0.2, -0.15) is 0 Å². The van der Waals surface area contributed by atoms with Crippen molar-refractivity contribution in [1.82, 2.24) is 5.32 Å². The van der Waals surface area contributed by atoms with Gasteiger partial charge in [0.25, 0.3) is 0 Å². The van der Waals surface area contributed by atoms with E-state index in [2.05, 4.69) is 5.32 Å². The number of carbonyl (C=O) groups is 2. The van der Waals surface area contributed by atoms with Crippen molar-refractivity contribution in [3.05, 3.63) is 29.3 Å². The van der Waals surface area contributed by atoms with Crippen molar-refractivity contribution in [2.75, 3.05) is 19.0 Å². The number of aryl methyl sites for hydroxylation is 1. The molecule has 1 rings (SSSR count). The summed E-state index contributed by atoms with van der Waals surface area (Å²) in [5.41, 5.74) is -0.468. The Morgan fingerprint density at radius 2 is 2.05 bits per heavy atom. The molecule has 0 radical (unpaired) electrons. The van der Waals surface area contributed by atoms with Gasteiger partial charge < -0.3 is 20.5 Å². The number of carboxylic acid groups (broad SMARTS) is 1. The molecule has 0 heterocycles. The summed E-state index contributed by atoms with van der Waals surface area (Å²) in [7, 11) is 1.39. The third-order valence-corrected chi connectivity index (χ3v) is 2.74. The highest BCUT2D eigenvalue weighted by Crippen LogP contribution is 2.21. The standard InChI is InChI=1S/C13H16F2N2O4/c1-7-3-4-8(14)11(10(7)15)17-13(20)16-9(12(18)19)5-6-21-2/h3-4,9H,5-6H2,1-2H3,(H,18,19)(H2,16,17,20). The van der Waals surface area contributed by atoms with Crippen LogP contribution in [0.5, 0.6) is 0 Å². The zero-order valence-corrected chi connectivity index (χ0v) is 11.6. The number of anilines is 1. The number of hydrogen-bond acceptors (Lipinski definition) is 3. The normalized spacial score (nSPS) is 11.8. The quantitative estimate of drug-likeness (QED) is 0.749. The first-order valence-electron chi connectivity index (χ1n) is 6.10. The van der Waals surface area contributed by atoms with Gasteiger partial charge in [-0.15, -0.1) is 0 Å². The third kappa shape index (κ3) is 4.67. The van der Waals surface area contributed by atoms with Gasteiger partial charge in [-0.05, 0) is 18.6 Å². The van der Waals surface area contributed by atoms with E-state index in [1.54, 1.807) is 0 Å². The number of rotatable bonds is 6. The summed E-state index contributed by atoms with van der Waals surface area (Å²) in [6.45, 7) is 1.53. The van der Waals surface area contributed by atoms with Gasteiger partial charge in [0.1, 0.15) is 17.5 Å². The molecule has 1 atom stereocenters. The average molecular weight is 302 g/mol. The number of carbonyl (C=O) groups excluding carboxylic acids is 1. The highest BCUT2D eigenvalue weighted by atomic mass is 19.1. The van der Waals surface area contributed by atoms with Crippen LogP contribution in [0.2, 0.25) is 0 Å². The molecule has 0 aliphatic carbocycles. The molecule has 0 bridgehead atoms. The minimum absolute atomic E-state index is 0.0258. The summed E-state index contributed by atoms with van der Waals surface area (Å²) >= 11 is 0. The highest BCUT2D eigenvalue weighted by molar-refractivity contribution is 5.92. The Hall–Kier alpha value is -2.22. The molecule has 6 nitrogen and oxygen atoms in total. The second-order valence-corrected chi connectivity index (χ2v) is 4.32. The molecule has 0 aliphatic rings.